The number of nitrogens with one attached hydrogen (secondary N) is 2. The van der Waals surface area contributed by atoms with Crippen LogP contribution in [0.5, 0.6) is 0 Å². The Kier molecular flexibility index (Phi) is 3.52. The third-order valence-corrected chi connectivity index (χ3v) is 3.70. The molecule has 0 aliphatic carbocycles. The lowest BCUT2D eigenvalue weighted by Gasteiger charge is -2.25. The summed E-state index contributed by atoms with van der Waals surface area (Å²) in [6.45, 7) is 1.96. The van der Waals surface area contributed by atoms with Crippen LogP contribution in [0.4, 0.5) is 5.82 Å². The minimum atomic E-state index is -0.919. The van der Waals surface area contributed by atoms with Gasteiger partial charge in [-0.25, -0.2) is 9.78 Å². The number of carboxylic acids is 1. The maximum absolute atomic E-state index is 11.4. The number of hydrogen-bond acceptors (Lipinski definition) is 4. The molecule has 1 fully saturated rings. The number of fused-ring (bicyclic) bond motifs is 1. The highest BCUT2D eigenvalue weighted by Crippen LogP contribution is 2.26. The molecule has 2 heterocycles. The smallest absolute Gasteiger partial charge is 0.336 e. The van der Waals surface area contributed by atoms with Crippen LogP contribution in [0.15, 0.2) is 30.5 Å². The largest absolute Gasteiger partial charge is 0.478 e. The van der Waals surface area contributed by atoms with Crippen LogP contribution in [0.25, 0.3) is 10.8 Å². The summed E-state index contributed by atoms with van der Waals surface area (Å²) in [5.74, 6) is -0.246. The molecule has 0 radical (unpaired) electrons. The van der Waals surface area contributed by atoms with Crippen LogP contribution in [0, 0.1) is 0 Å². The number of piperidine rings is 1. The average molecular weight is 271 g/mol. The Balaban J connectivity index is 2.03. The van der Waals surface area contributed by atoms with E-state index in [1.165, 1.54) is 0 Å². The SMILES string of the molecule is O=C(O)c1cccc2ccnc(NC3CCNCC3)c12. The van der Waals surface area contributed by atoms with Gasteiger partial charge in [-0.2, -0.15) is 0 Å². The minimum absolute atomic E-state index is 0.298. The van der Waals surface area contributed by atoms with Gasteiger partial charge in [0.2, 0.25) is 0 Å². The predicted molar refractivity (Wildman–Crippen MR) is 78.2 cm³/mol. The number of hydrogen-bond donors (Lipinski definition) is 3. The minimum Gasteiger partial charge on any atom is -0.478 e. The molecule has 20 heavy (non-hydrogen) atoms. The van der Waals surface area contributed by atoms with Crippen molar-refractivity contribution in [2.24, 2.45) is 0 Å². The number of carbonyl (C=O) groups is 1. The summed E-state index contributed by atoms with van der Waals surface area (Å²) >= 11 is 0. The van der Waals surface area contributed by atoms with E-state index in [-0.39, 0.29) is 0 Å². The molecular weight excluding hydrogens is 254 g/mol. The highest BCUT2D eigenvalue weighted by molar-refractivity contribution is 6.08. The third kappa shape index (κ3) is 2.44. The van der Waals surface area contributed by atoms with Crippen LogP contribution in [-0.2, 0) is 0 Å². The first-order valence-corrected chi connectivity index (χ1v) is 6.84. The predicted octanol–water partition coefficient (Wildman–Crippen LogP) is 2.10. The highest BCUT2D eigenvalue weighted by Gasteiger charge is 2.17. The summed E-state index contributed by atoms with van der Waals surface area (Å²) in [5, 5.41) is 17.7. The van der Waals surface area contributed by atoms with Crippen molar-refractivity contribution in [1.29, 1.82) is 0 Å². The molecule has 0 bridgehead atoms. The van der Waals surface area contributed by atoms with Gasteiger partial charge in [-0.15, -0.1) is 0 Å². The van der Waals surface area contributed by atoms with Gasteiger partial charge in [-0.3, -0.25) is 0 Å². The zero-order valence-corrected chi connectivity index (χ0v) is 11.1. The number of aromatic carboxylic acids is 1. The Morgan fingerprint density at radius 3 is 2.85 bits per heavy atom. The summed E-state index contributed by atoms with van der Waals surface area (Å²) in [6, 6.07) is 7.49. The van der Waals surface area contributed by atoms with Crippen molar-refractivity contribution in [3.63, 3.8) is 0 Å². The van der Waals surface area contributed by atoms with E-state index in [2.05, 4.69) is 15.6 Å². The third-order valence-electron chi connectivity index (χ3n) is 3.70. The molecule has 0 atom stereocenters. The number of benzene rings is 1. The second kappa shape index (κ2) is 5.46. The van der Waals surface area contributed by atoms with E-state index in [1.807, 2.05) is 12.1 Å². The van der Waals surface area contributed by atoms with E-state index in [0.717, 1.165) is 31.3 Å². The summed E-state index contributed by atoms with van der Waals surface area (Å²) in [6.07, 6.45) is 3.76. The molecule has 5 nitrogen and oxygen atoms in total. The number of anilines is 1. The quantitative estimate of drug-likeness (QED) is 0.797. The van der Waals surface area contributed by atoms with E-state index in [0.29, 0.717) is 22.8 Å². The van der Waals surface area contributed by atoms with Crippen LogP contribution >= 0.6 is 0 Å². The molecule has 3 N–H and O–H groups in total. The Hall–Kier alpha value is -2.14. The highest BCUT2D eigenvalue weighted by atomic mass is 16.4. The lowest BCUT2D eigenvalue weighted by molar-refractivity contribution is 0.0699. The fraction of sp³-hybridized carbons (Fsp3) is 0.333. The van der Waals surface area contributed by atoms with Gasteiger partial charge in [-0.1, -0.05) is 12.1 Å². The monoisotopic (exact) mass is 271 g/mol. The van der Waals surface area contributed by atoms with Crippen molar-refractivity contribution >= 4 is 22.6 Å². The lowest BCUT2D eigenvalue weighted by Crippen LogP contribution is -2.35. The van der Waals surface area contributed by atoms with Crippen LogP contribution in [0.3, 0.4) is 0 Å². The van der Waals surface area contributed by atoms with Crippen molar-refractivity contribution < 1.29 is 9.90 Å². The van der Waals surface area contributed by atoms with Crippen molar-refractivity contribution in [2.75, 3.05) is 18.4 Å². The van der Waals surface area contributed by atoms with E-state index in [9.17, 15) is 9.90 Å². The van der Waals surface area contributed by atoms with Gasteiger partial charge in [0.15, 0.2) is 0 Å². The van der Waals surface area contributed by atoms with Crippen molar-refractivity contribution in [2.45, 2.75) is 18.9 Å². The normalized spacial score (nSPS) is 16.2. The first-order chi connectivity index (χ1) is 9.75. The molecule has 1 aromatic heterocycles. The molecule has 3 rings (SSSR count). The number of nitrogens with zero attached hydrogens (tertiary/aromatic N) is 1. The molecule has 0 saturated carbocycles. The zero-order valence-electron chi connectivity index (χ0n) is 11.1. The fourth-order valence-corrected chi connectivity index (χ4v) is 2.68. The molecule has 104 valence electrons. The lowest BCUT2D eigenvalue weighted by atomic mass is 10.0. The molecule has 1 aromatic carbocycles. The Bertz CT molecular complexity index is 631. The number of pyridine rings is 1. The number of aromatic nitrogens is 1. The van der Waals surface area contributed by atoms with Gasteiger partial charge in [0.05, 0.1) is 5.56 Å². The van der Waals surface area contributed by atoms with Gasteiger partial charge in [0.1, 0.15) is 5.82 Å². The molecular formula is C15H17N3O2. The van der Waals surface area contributed by atoms with Gasteiger partial charge in [0.25, 0.3) is 0 Å². The Morgan fingerprint density at radius 1 is 1.30 bits per heavy atom. The van der Waals surface area contributed by atoms with E-state index >= 15 is 0 Å². The Morgan fingerprint density at radius 2 is 2.10 bits per heavy atom. The molecule has 0 amide bonds. The van der Waals surface area contributed by atoms with Crippen molar-refractivity contribution in [1.82, 2.24) is 10.3 Å². The first-order valence-electron chi connectivity index (χ1n) is 6.84. The zero-order chi connectivity index (χ0) is 13.9. The maximum atomic E-state index is 11.4. The van der Waals surface area contributed by atoms with E-state index in [4.69, 9.17) is 0 Å². The summed E-state index contributed by atoms with van der Waals surface area (Å²) in [5.41, 5.74) is 0.298. The maximum Gasteiger partial charge on any atom is 0.336 e. The average Bonchev–Trinajstić information content (AvgIpc) is 2.48. The molecule has 1 aliphatic heterocycles. The fourth-order valence-electron chi connectivity index (χ4n) is 2.68. The molecule has 1 aliphatic rings. The van der Waals surface area contributed by atoms with Gasteiger partial charge < -0.3 is 15.7 Å². The van der Waals surface area contributed by atoms with Crippen molar-refractivity contribution in [3.8, 4) is 0 Å². The van der Waals surface area contributed by atoms with Gasteiger partial charge in [0, 0.05) is 17.6 Å². The second-order valence-corrected chi connectivity index (χ2v) is 5.04. The molecule has 0 spiro atoms. The van der Waals surface area contributed by atoms with Crippen LogP contribution in [-0.4, -0.2) is 35.2 Å². The standard InChI is InChI=1S/C15H17N3O2/c19-15(20)12-3-1-2-10-4-9-17-14(13(10)12)18-11-5-7-16-8-6-11/h1-4,9,11,16H,5-8H2,(H,17,18)(H,19,20). The van der Waals surface area contributed by atoms with Crippen LogP contribution in [0.2, 0.25) is 0 Å². The molecule has 1 saturated heterocycles. The second-order valence-electron chi connectivity index (χ2n) is 5.04. The van der Waals surface area contributed by atoms with Gasteiger partial charge >= 0.3 is 5.97 Å². The van der Waals surface area contributed by atoms with Crippen molar-refractivity contribution in [3.05, 3.63) is 36.0 Å². The summed E-state index contributed by atoms with van der Waals surface area (Å²) in [7, 11) is 0. The molecule has 2 aromatic rings. The summed E-state index contributed by atoms with van der Waals surface area (Å²) < 4.78 is 0. The Labute approximate surface area is 117 Å². The molecule has 0 unspecified atom stereocenters. The summed E-state index contributed by atoms with van der Waals surface area (Å²) in [4.78, 5) is 15.7. The van der Waals surface area contributed by atoms with Gasteiger partial charge in [-0.05, 0) is 43.5 Å². The van der Waals surface area contributed by atoms with Crippen LogP contribution in [0.1, 0.15) is 23.2 Å². The first kappa shape index (κ1) is 12.9. The topological polar surface area (TPSA) is 74.2 Å². The van der Waals surface area contributed by atoms with E-state index in [1.54, 1.807) is 18.3 Å². The van der Waals surface area contributed by atoms with Crippen LogP contribution < -0.4 is 10.6 Å². The number of rotatable bonds is 3. The molecule has 5 heteroatoms. The van der Waals surface area contributed by atoms with E-state index < -0.39 is 5.97 Å². The number of carboxylic acid groups (broad SMARTS) is 1.